The molecular weight excluding hydrogens is 787 g/mol. The van der Waals surface area contributed by atoms with Crippen molar-refractivity contribution in [3.8, 4) is 5.75 Å². The van der Waals surface area contributed by atoms with Crippen molar-refractivity contribution in [2.75, 3.05) is 68.6 Å². The highest BCUT2D eigenvalue weighted by atomic mass is 19.4. The molecule has 15 nitrogen and oxygen atoms in total. The van der Waals surface area contributed by atoms with Crippen LogP contribution in [-0.4, -0.2) is 121 Å². The maximum Gasteiger partial charge on any atom is 0.433 e. The van der Waals surface area contributed by atoms with E-state index in [4.69, 9.17) is 14.2 Å². The van der Waals surface area contributed by atoms with Crippen LogP contribution in [0.2, 0.25) is 0 Å². The third-order valence-electron chi connectivity index (χ3n) is 11.5. The number of carbonyl (C=O) groups excluding carboxylic acids is 5. The molecule has 18 heteroatoms. The second-order valence-corrected chi connectivity index (χ2v) is 16.2. The van der Waals surface area contributed by atoms with Crippen LogP contribution in [0.1, 0.15) is 81.5 Å². The average molecular weight is 834 g/mol. The molecule has 1 saturated carbocycles. The molecule has 2 atom stereocenters. The van der Waals surface area contributed by atoms with Crippen molar-refractivity contribution in [2.45, 2.75) is 75.4 Å². The van der Waals surface area contributed by atoms with Gasteiger partial charge >= 0.3 is 6.18 Å². The summed E-state index contributed by atoms with van der Waals surface area (Å²) in [6.45, 7) is 6.01. The van der Waals surface area contributed by atoms with E-state index in [0.29, 0.717) is 81.5 Å². The van der Waals surface area contributed by atoms with Crippen molar-refractivity contribution in [1.29, 1.82) is 0 Å². The van der Waals surface area contributed by atoms with Gasteiger partial charge in [-0.1, -0.05) is 12.1 Å². The third kappa shape index (κ3) is 8.53. The van der Waals surface area contributed by atoms with Gasteiger partial charge in [-0.3, -0.25) is 34.2 Å². The molecule has 2 saturated heterocycles. The number of halogens is 3. The van der Waals surface area contributed by atoms with E-state index in [0.717, 1.165) is 35.6 Å². The molecule has 4 aliphatic heterocycles. The minimum absolute atomic E-state index is 0.0340. The molecule has 1 unspecified atom stereocenters. The quantitative estimate of drug-likeness (QED) is 0.165. The number of rotatable bonds is 13. The van der Waals surface area contributed by atoms with Crippen LogP contribution < -0.4 is 25.6 Å². The molecule has 8 rings (SSSR count). The van der Waals surface area contributed by atoms with E-state index in [-0.39, 0.29) is 41.8 Å². The zero-order valence-electron chi connectivity index (χ0n) is 33.2. The number of aromatic nitrogens is 1. The number of hydrogen-bond donors (Lipinski definition) is 3. The smallest absolute Gasteiger partial charge is 0.433 e. The van der Waals surface area contributed by atoms with Crippen LogP contribution in [-0.2, 0) is 31.7 Å². The zero-order chi connectivity index (χ0) is 42.3. The standard InChI is InChI=1S/C42H46F3N7O8/c1-41(22-24-18-30(32(21-33(24)60-41)51-13-16-58-17-14-51)48-37(54)29-8-4-9-34(47-29)42(43,44)45)23-50(2)12-5-15-59-26-19-25(20-26)46-28-7-3-6-27-36(28)40(57)52(39(27)56)31-10-11-35(53)49-38(31)55/h3-4,6-9,18,21,25-26,31,46H,5,10-17,19-20,22-23H2,1-2H3,(H,48,54)(H,49,53,55)/t25?,26?,31?,41-/m1/s1. The van der Waals surface area contributed by atoms with E-state index in [1.165, 1.54) is 6.07 Å². The number of nitrogens with one attached hydrogen (secondary N) is 3. The van der Waals surface area contributed by atoms with Crippen LogP contribution in [0.25, 0.3) is 0 Å². The maximum atomic E-state index is 13.4. The van der Waals surface area contributed by atoms with E-state index < -0.39 is 53.0 Å². The highest BCUT2D eigenvalue weighted by Gasteiger charge is 2.46. The molecule has 60 heavy (non-hydrogen) atoms. The Bertz CT molecular complexity index is 2210. The number of carbonyl (C=O) groups is 5. The summed E-state index contributed by atoms with van der Waals surface area (Å²) in [4.78, 5) is 72.7. The number of pyridine rings is 1. The Morgan fingerprint density at radius 3 is 2.57 bits per heavy atom. The van der Waals surface area contributed by atoms with Gasteiger partial charge in [-0.2, -0.15) is 13.2 Å². The SMILES string of the molecule is CN(CCCOC1CC(Nc2cccc3c2C(=O)N(C2CCC(=O)NC2=O)C3=O)C1)C[C@@]1(C)Cc2cc(NC(=O)c3cccc(C(F)(F)F)n3)c(N3CCOCC3)cc2O1. The maximum absolute atomic E-state index is 13.4. The second-order valence-electron chi connectivity index (χ2n) is 16.2. The van der Waals surface area contributed by atoms with Crippen LogP contribution in [0.15, 0.2) is 48.5 Å². The van der Waals surface area contributed by atoms with Gasteiger partial charge in [0.2, 0.25) is 11.8 Å². The van der Waals surface area contributed by atoms with Crippen molar-refractivity contribution >= 4 is 46.6 Å². The molecule has 0 radical (unpaired) electrons. The number of piperidine rings is 1. The topological polar surface area (TPSA) is 172 Å². The van der Waals surface area contributed by atoms with E-state index in [1.54, 1.807) is 18.2 Å². The van der Waals surface area contributed by atoms with Gasteiger partial charge in [0.15, 0.2) is 0 Å². The fourth-order valence-corrected chi connectivity index (χ4v) is 8.62. The molecule has 3 aromatic rings. The van der Waals surface area contributed by atoms with Crippen LogP contribution >= 0.6 is 0 Å². The number of morpholine rings is 1. The molecule has 5 amide bonds. The number of hydrogen-bond acceptors (Lipinski definition) is 12. The minimum Gasteiger partial charge on any atom is -0.486 e. The molecule has 2 aromatic carbocycles. The van der Waals surface area contributed by atoms with Gasteiger partial charge < -0.3 is 34.6 Å². The summed E-state index contributed by atoms with van der Waals surface area (Å²) in [6.07, 6.45) is -1.75. The highest BCUT2D eigenvalue weighted by Crippen LogP contribution is 2.43. The lowest BCUT2D eigenvalue weighted by molar-refractivity contribution is -0.141. The summed E-state index contributed by atoms with van der Waals surface area (Å²) in [5.74, 6) is -2.23. The molecule has 5 heterocycles. The van der Waals surface area contributed by atoms with Crippen molar-refractivity contribution in [2.24, 2.45) is 0 Å². The van der Waals surface area contributed by atoms with Crippen LogP contribution in [0.5, 0.6) is 5.75 Å². The van der Waals surface area contributed by atoms with E-state index >= 15 is 0 Å². The zero-order valence-corrected chi connectivity index (χ0v) is 33.2. The number of anilines is 3. The van der Waals surface area contributed by atoms with Gasteiger partial charge in [0.1, 0.15) is 28.8 Å². The summed E-state index contributed by atoms with van der Waals surface area (Å²) in [7, 11) is 2.01. The van der Waals surface area contributed by atoms with E-state index in [1.807, 2.05) is 26.1 Å². The monoisotopic (exact) mass is 833 g/mol. The van der Waals surface area contributed by atoms with Crippen molar-refractivity contribution in [3.05, 3.63) is 76.6 Å². The first-order valence-electron chi connectivity index (χ1n) is 20.1. The van der Waals surface area contributed by atoms with Gasteiger partial charge in [0, 0.05) is 69.0 Å². The van der Waals surface area contributed by atoms with Crippen LogP contribution in [0, 0.1) is 0 Å². The number of ether oxygens (including phenoxy) is 3. The number of alkyl halides is 3. The largest absolute Gasteiger partial charge is 0.486 e. The first-order valence-corrected chi connectivity index (χ1v) is 20.1. The predicted octanol–water partition coefficient (Wildman–Crippen LogP) is 4.27. The van der Waals surface area contributed by atoms with Gasteiger partial charge in [-0.25, -0.2) is 4.98 Å². The molecule has 1 aromatic heterocycles. The molecule has 0 spiro atoms. The average Bonchev–Trinajstić information content (AvgIpc) is 3.65. The molecule has 5 aliphatic rings. The van der Waals surface area contributed by atoms with E-state index in [9.17, 15) is 37.1 Å². The summed E-state index contributed by atoms with van der Waals surface area (Å²) >= 11 is 0. The van der Waals surface area contributed by atoms with Crippen molar-refractivity contribution < 1.29 is 51.4 Å². The predicted molar refractivity (Wildman–Crippen MR) is 211 cm³/mol. The van der Waals surface area contributed by atoms with Gasteiger partial charge in [-0.05, 0) is 70.0 Å². The number of amides is 5. The second kappa shape index (κ2) is 16.5. The highest BCUT2D eigenvalue weighted by molar-refractivity contribution is 6.25. The van der Waals surface area contributed by atoms with Gasteiger partial charge in [0.05, 0.1) is 41.8 Å². The van der Waals surface area contributed by atoms with Crippen molar-refractivity contribution in [1.82, 2.24) is 20.1 Å². The molecule has 1 aliphatic carbocycles. The summed E-state index contributed by atoms with van der Waals surface area (Å²) in [5, 5.41) is 8.42. The number of fused-ring (bicyclic) bond motifs is 2. The first kappa shape index (κ1) is 41.2. The van der Waals surface area contributed by atoms with E-state index in [2.05, 4.69) is 30.7 Å². The Labute approximate surface area is 343 Å². The summed E-state index contributed by atoms with van der Waals surface area (Å²) < 4.78 is 58.2. The lowest BCUT2D eigenvalue weighted by Crippen LogP contribution is -2.54. The van der Waals surface area contributed by atoms with Crippen LogP contribution in [0.4, 0.5) is 30.2 Å². The number of nitrogens with zero attached hydrogens (tertiary/aromatic N) is 4. The van der Waals surface area contributed by atoms with Crippen LogP contribution in [0.3, 0.4) is 0 Å². The van der Waals surface area contributed by atoms with Crippen molar-refractivity contribution in [3.63, 3.8) is 0 Å². The number of benzene rings is 2. The lowest BCUT2D eigenvalue weighted by Gasteiger charge is -2.37. The Morgan fingerprint density at radius 1 is 1.05 bits per heavy atom. The van der Waals surface area contributed by atoms with Gasteiger partial charge in [0.25, 0.3) is 17.7 Å². The first-order chi connectivity index (χ1) is 28.7. The molecule has 318 valence electrons. The Hall–Kier alpha value is -5.59. The molecule has 3 fully saturated rings. The normalized spacial score (nSPS) is 23.9. The molecule has 0 bridgehead atoms. The summed E-state index contributed by atoms with van der Waals surface area (Å²) in [6, 6.07) is 11.0. The Morgan fingerprint density at radius 2 is 1.82 bits per heavy atom. The van der Waals surface area contributed by atoms with Gasteiger partial charge in [-0.15, -0.1) is 0 Å². The Kier molecular flexibility index (Phi) is 11.3. The number of likely N-dealkylation sites (N-methyl/N-ethyl adjacent to an activating group) is 1. The lowest BCUT2D eigenvalue weighted by atomic mass is 9.88. The molecular formula is C42H46F3N7O8. The fourth-order valence-electron chi connectivity index (χ4n) is 8.62. The molecule has 3 N–H and O–H groups in total. The summed E-state index contributed by atoms with van der Waals surface area (Å²) in [5.41, 5.74) is 0.944. The number of imide groups is 2. The third-order valence-corrected chi connectivity index (χ3v) is 11.5. The Balaban J connectivity index is 0.814. The minimum atomic E-state index is -4.68. The fraction of sp³-hybridized carbons (Fsp3) is 0.476.